The highest BCUT2D eigenvalue weighted by molar-refractivity contribution is 5.69. The van der Waals surface area contributed by atoms with Gasteiger partial charge in [-0.05, 0) is 25.5 Å². The highest BCUT2D eigenvalue weighted by atomic mass is 16.6. The molecule has 0 aliphatic rings. The van der Waals surface area contributed by atoms with Crippen LogP contribution in [0.15, 0.2) is 16.9 Å². The van der Waals surface area contributed by atoms with Crippen LogP contribution in [0.3, 0.4) is 0 Å². The standard InChI is InChI=1S/C14H18N2O4/c1-3-6-19-7-8-20-13(17)10-16-11(2)4-5-12(9-15)14(16)18/h4-5H,3,6-8,10H2,1-2H3. The molecule has 20 heavy (non-hydrogen) atoms. The Balaban J connectivity index is 2.59. The molecule has 0 atom stereocenters. The predicted molar refractivity (Wildman–Crippen MR) is 72.2 cm³/mol. The normalized spacial score (nSPS) is 10.1. The van der Waals surface area contributed by atoms with Crippen LogP contribution < -0.4 is 5.56 Å². The van der Waals surface area contributed by atoms with Gasteiger partial charge in [0.25, 0.3) is 5.56 Å². The Labute approximate surface area is 117 Å². The molecule has 0 amide bonds. The van der Waals surface area contributed by atoms with Crippen molar-refractivity contribution in [3.8, 4) is 6.07 Å². The highest BCUT2D eigenvalue weighted by Gasteiger charge is 2.10. The first-order valence-electron chi connectivity index (χ1n) is 6.44. The molecule has 0 radical (unpaired) electrons. The third-order valence-corrected chi connectivity index (χ3v) is 2.64. The molecular weight excluding hydrogens is 260 g/mol. The molecule has 6 nitrogen and oxygen atoms in total. The van der Waals surface area contributed by atoms with Gasteiger partial charge in [-0.1, -0.05) is 6.92 Å². The van der Waals surface area contributed by atoms with E-state index in [1.807, 2.05) is 6.92 Å². The van der Waals surface area contributed by atoms with Crippen molar-refractivity contribution in [2.24, 2.45) is 0 Å². The number of carbonyl (C=O) groups is 1. The Hall–Kier alpha value is -2.13. The van der Waals surface area contributed by atoms with Crippen molar-refractivity contribution >= 4 is 5.97 Å². The fourth-order valence-corrected chi connectivity index (χ4v) is 1.59. The van der Waals surface area contributed by atoms with Crippen LogP contribution >= 0.6 is 0 Å². The topological polar surface area (TPSA) is 81.3 Å². The predicted octanol–water partition coefficient (Wildman–Crippen LogP) is 0.998. The van der Waals surface area contributed by atoms with E-state index in [4.69, 9.17) is 14.7 Å². The zero-order chi connectivity index (χ0) is 15.0. The summed E-state index contributed by atoms with van der Waals surface area (Å²) in [6.45, 7) is 4.61. The summed E-state index contributed by atoms with van der Waals surface area (Å²) in [6.07, 6.45) is 0.906. The van der Waals surface area contributed by atoms with Crippen LogP contribution in [0.2, 0.25) is 0 Å². The fraction of sp³-hybridized carbons (Fsp3) is 0.500. The summed E-state index contributed by atoms with van der Waals surface area (Å²) < 4.78 is 11.4. The van der Waals surface area contributed by atoms with Gasteiger partial charge in [-0.2, -0.15) is 5.26 Å². The molecule has 0 aliphatic carbocycles. The number of esters is 1. The Morgan fingerprint density at radius 3 is 2.75 bits per heavy atom. The Morgan fingerprint density at radius 1 is 1.35 bits per heavy atom. The minimum Gasteiger partial charge on any atom is -0.462 e. The number of hydrogen-bond donors (Lipinski definition) is 0. The van der Waals surface area contributed by atoms with Gasteiger partial charge in [0, 0.05) is 12.3 Å². The molecule has 0 unspecified atom stereocenters. The van der Waals surface area contributed by atoms with E-state index in [2.05, 4.69) is 0 Å². The van der Waals surface area contributed by atoms with Crippen molar-refractivity contribution < 1.29 is 14.3 Å². The molecule has 0 fully saturated rings. The van der Waals surface area contributed by atoms with Crippen molar-refractivity contribution in [3.63, 3.8) is 0 Å². The number of carbonyl (C=O) groups excluding carboxylic acids is 1. The second-order valence-electron chi connectivity index (χ2n) is 4.22. The van der Waals surface area contributed by atoms with Crippen molar-refractivity contribution in [1.82, 2.24) is 4.57 Å². The van der Waals surface area contributed by atoms with Gasteiger partial charge in [0.05, 0.1) is 6.61 Å². The highest BCUT2D eigenvalue weighted by Crippen LogP contribution is 1.98. The van der Waals surface area contributed by atoms with Gasteiger partial charge in [-0.3, -0.25) is 9.59 Å². The number of pyridine rings is 1. The average Bonchev–Trinajstić information content (AvgIpc) is 2.43. The van der Waals surface area contributed by atoms with Gasteiger partial charge in [0.15, 0.2) is 0 Å². The maximum Gasteiger partial charge on any atom is 0.326 e. The van der Waals surface area contributed by atoms with Gasteiger partial charge >= 0.3 is 5.97 Å². The lowest BCUT2D eigenvalue weighted by atomic mass is 10.2. The van der Waals surface area contributed by atoms with E-state index in [1.165, 1.54) is 10.6 Å². The number of ether oxygens (including phenoxy) is 2. The van der Waals surface area contributed by atoms with Crippen molar-refractivity contribution in [2.45, 2.75) is 26.8 Å². The molecule has 6 heteroatoms. The maximum atomic E-state index is 11.9. The number of aryl methyl sites for hydroxylation is 1. The lowest BCUT2D eigenvalue weighted by Crippen LogP contribution is -2.29. The summed E-state index contributed by atoms with van der Waals surface area (Å²) in [5.41, 5.74) is 0.134. The van der Waals surface area contributed by atoms with Crippen LogP contribution in [0.5, 0.6) is 0 Å². The fourth-order valence-electron chi connectivity index (χ4n) is 1.59. The van der Waals surface area contributed by atoms with E-state index in [0.29, 0.717) is 18.9 Å². The van der Waals surface area contributed by atoms with Crippen LogP contribution in [0, 0.1) is 18.3 Å². The smallest absolute Gasteiger partial charge is 0.326 e. The molecule has 0 aliphatic heterocycles. The van der Waals surface area contributed by atoms with Gasteiger partial charge in [-0.15, -0.1) is 0 Å². The minimum absolute atomic E-state index is 0.00896. The summed E-state index contributed by atoms with van der Waals surface area (Å²) in [6, 6.07) is 4.86. The second-order valence-corrected chi connectivity index (χ2v) is 4.22. The number of aromatic nitrogens is 1. The zero-order valence-corrected chi connectivity index (χ0v) is 11.7. The first-order valence-corrected chi connectivity index (χ1v) is 6.44. The largest absolute Gasteiger partial charge is 0.462 e. The molecule has 108 valence electrons. The molecular formula is C14H18N2O4. The molecule has 0 N–H and O–H groups in total. The summed E-state index contributed by atoms with van der Waals surface area (Å²) in [4.78, 5) is 23.5. The van der Waals surface area contributed by atoms with E-state index in [-0.39, 0.29) is 18.7 Å². The quantitative estimate of drug-likeness (QED) is 0.549. The molecule has 1 heterocycles. The van der Waals surface area contributed by atoms with E-state index < -0.39 is 11.5 Å². The lowest BCUT2D eigenvalue weighted by Gasteiger charge is -2.10. The van der Waals surface area contributed by atoms with Crippen molar-refractivity contribution in [2.75, 3.05) is 19.8 Å². The Kier molecular flexibility index (Phi) is 6.47. The molecule has 0 aromatic carbocycles. The molecule has 0 saturated carbocycles. The zero-order valence-electron chi connectivity index (χ0n) is 11.7. The van der Waals surface area contributed by atoms with Gasteiger partial charge < -0.3 is 14.0 Å². The summed E-state index contributed by atoms with van der Waals surface area (Å²) in [5, 5.41) is 8.80. The van der Waals surface area contributed by atoms with Gasteiger partial charge in [0.2, 0.25) is 0 Å². The van der Waals surface area contributed by atoms with E-state index in [0.717, 1.165) is 6.42 Å². The van der Waals surface area contributed by atoms with Crippen LogP contribution in [0.25, 0.3) is 0 Å². The maximum absolute atomic E-state index is 11.9. The molecule has 1 rings (SSSR count). The molecule has 1 aromatic rings. The number of hydrogen-bond acceptors (Lipinski definition) is 5. The van der Waals surface area contributed by atoms with Crippen LogP contribution in [0.4, 0.5) is 0 Å². The monoisotopic (exact) mass is 278 g/mol. The van der Waals surface area contributed by atoms with Crippen LogP contribution in [-0.4, -0.2) is 30.4 Å². The van der Waals surface area contributed by atoms with Crippen LogP contribution in [0.1, 0.15) is 24.6 Å². The average molecular weight is 278 g/mol. The second kappa shape index (κ2) is 8.12. The van der Waals surface area contributed by atoms with Gasteiger partial charge in [-0.25, -0.2) is 0 Å². The minimum atomic E-state index is -0.523. The first kappa shape index (κ1) is 15.9. The molecule has 0 saturated heterocycles. The SMILES string of the molecule is CCCOCCOC(=O)Cn1c(C)ccc(C#N)c1=O. The summed E-state index contributed by atoms with van der Waals surface area (Å²) in [7, 11) is 0. The molecule has 0 bridgehead atoms. The molecule has 0 spiro atoms. The van der Waals surface area contributed by atoms with Crippen LogP contribution in [-0.2, 0) is 20.8 Å². The number of nitrogens with zero attached hydrogens (tertiary/aromatic N) is 2. The lowest BCUT2D eigenvalue weighted by molar-refractivity contribution is -0.146. The van der Waals surface area contributed by atoms with E-state index in [9.17, 15) is 9.59 Å². The summed E-state index contributed by atoms with van der Waals surface area (Å²) >= 11 is 0. The van der Waals surface area contributed by atoms with Crippen molar-refractivity contribution in [1.29, 1.82) is 5.26 Å². The van der Waals surface area contributed by atoms with Gasteiger partial charge in [0.1, 0.15) is 24.8 Å². The molecule has 1 aromatic heterocycles. The Bertz CT molecular complexity index is 557. The number of nitriles is 1. The summed E-state index contributed by atoms with van der Waals surface area (Å²) in [5.74, 6) is -0.523. The third kappa shape index (κ3) is 4.52. The first-order chi connectivity index (χ1) is 9.60. The Morgan fingerprint density at radius 2 is 2.10 bits per heavy atom. The van der Waals surface area contributed by atoms with E-state index in [1.54, 1.807) is 19.1 Å². The van der Waals surface area contributed by atoms with E-state index >= 15 is 0 Å². The van der Waals surface area contributed by atoms with Crippen molar-refractivity contribution in [3.05, 3.63) is 33.7 Å². The number of rotatable bonds is 7. The third-order valence-electron chi connectivity index (χ3n) is 2.64.